The molecule has 0 amide bonds. The number of fused-ring (bicyclic) bond motifs is 1. The fourth-order valence-electron chi connectivity index (χ4n) is 1.98. The molecule has 0 saturated heterocycles. The first-order valence-electron chi connectivity index (χ1n) is 5.80. The Bertz CT molecular complexity index is 527. The van der Waals surface area contributed by atoms with Crippen molar-refractivity contribution in [2.75, 3.05) is 13.6 Å². The SMILES string of the molecule is CN1CCc2nn(CC(O)C(F)(F)F)c(=O)cc2C1. The third-order valence-electron chi connectivity index (χ3n) is 3.06. The molecule has 1 aliphatic rings. The molecule has 106 valence electrons. The summed E-state index contributed by atoms with van der Waals surface area (Å²) in [6.07, 6.45) is -6.76. The van der Waals surface area contributed by atoms with E-state index < -0.39 is 24.4 Å². The van der Waals surface area contributed by atoms with Gasteiger partial charge >= 0.3 is 6.18 Å². The number of alkyl halides is 3. The van der Waals surface area contributed by atoms with Gasteiger partial charge in [-0.3, -0.25) is 4.79 Å². The highest BCUT2D eigenvalue weighted by atomic mass is 19.4. The zero-order valence-corrected chi connectivity index (χ0v) is 10.3. The summed E-state index contributed by atoms with van der Waals surface area (Å²) in [5.41, 5.74) is 0.723. The van der Waals surface area contributed by atoms with Crippen LogP contribution in [0.4, 0.5) is 13.2 Å². The van der Waals surface area contributed by atoms with Crippen molar-refractivity contribution in [1.29, 1.82) is 0 Å². The molecule has 19 heavy (non-hydrogen) atoms. The second-order valence-corrected chi connectivity index (χ2v) is 4.68. The summed E-state index contributed by atoms with van der Waals surface area (Å²) < 4.78 is 37.5. The Kier molecular flexibility index (Phi) is 3.64. The number of hydrogen-bond donors (Lipinski definition) is 1. The van der Waals surface area contributed by atoms with E-state index in [1.165, 1.54) is 6.07 Å². The maximum atomic E-state index is 12.3. The highest BCUT2D eigenvalue weighted by Gasteiger charge is 2.38. The number of aromatic nitrogens is 2. The fourth-order valence-corrected chi connectivity index (χ4v) is 1.98. The molecule has 1 aromatic heterocycles. The average molecular weight is 277 g/mol. The van der Waals surface area contributed by atoms with Gasteiger partial charge in [0.15, 0.2) is 6.10 Å². The second kappa shape index (κ2) is 4.93. The molecule has 0 aliphatic carbocycles. The minimum absolute atomic E-state index is 0.556. The van der Waals surface area contributed by atoms with Gasteiger partial charge in [-0.25, -0.2) is 4.68 Å². The molecule has 0 fully saturated rings. The summed E-state index contributed by atoms with van der Waals surface area (Å²) in [6.45, 7) is 0.422. The van der Waals surface area contributed by atoms with E-state index in [1.54, 1.807) is 0 Å². The fraction of sp³-hybridized carbons (Fsp3) is 0.636. The smallest absolute Gasteiger partial charge is 0.382 e. The topological polar surface area (TPSA) is 58.4 Å². The number of rotatable bonds is 2. The molecule has 0 bridgehead atoms. The molecule has 0 spiro atoms. The van der Waals surface area contributed by atoms with Gasteiger partial charge in [0.25, 0.3) is 5.56 Å². The molecule has 2 heterocycles. The Labute approximate surface area is 107 Å². The number of nitrogens with zero attached hydrogens (tertiary/aromatic N) is 3. The zero-order chi connectivity index (χ0) is 14.2. The van der Waals surface area contributed by atoms with Crippen molar-refractivity contribution in [2.45, 2.75) is 31.8 Å². The quantitative estimate of drug-likeness (QED) is 0.836. The molecule has 8 heteroatoms. The summed E-state index contributed by atoms with van der Waals surface area (Å²) in [5, 5.41) is 12.9. The van der Waals surface area contributed by atoms with Crippen molar-refractivity contribution in [1.82, 2.24) is 14.7 Å². The number of hydrogen-bond acceptors (Lipinski definition) is 4. The van der Waals surface area contributed by atoms with Gasteiger partial charge < -0.3 is 10.0 Å². The van der Waals surface area contributed by atoms with Crippen molar-refractivity contribution in [3.63, 3.8) is 0 Å². The lowest BCUT2D eigenvalue weighted by Crippen LogP contribution is -2.39. The monoisotopic (exact) mass is 277 g/mol. The van der Waals surface area contributed by atoms with Crippen LogP contribution in [0.5, 0.6) is 0 Å². The molecule has 5 nitrogen and oxygen atoms in total. The zero-order valence-electron chi connectivity index (χ0n) is 10.3. The van der Waals surface area contributed by atoms with Gasteiger partial charge in [-0.2, -0.15) is 18.3 Å². The Morgan fingerprint density at radius 1 is 1.53 bits per heavy atom. The summed E-state index contributed by atoms with van der Waals surface area (Å²) in [6, 6.07) is 1.29. The van der Waals surface area contributed by atoms with E-state index in [1.807, 2.05) is 11.9 Å². The third-order valence-corrected chi connectivity index (χ3v) is 3.06. The van der Waals surface area contributed by atoms with Gasteiger partial charge in [0, 0.05) is 25.6 Å². The van der Waals surface area contributed by atoms with Crippen molar-refractivity contribution in [2.24, 2.45) is 0 Å². The maximum absolute atomic E-state index is 12.3. The van der Waals surface area contributed by atoms with E-state index in [0.717, 1.165) is 12.1 Å². The summed E-state index contributed by atoms with van der Waals surface area (Å²) in [7, 11) is 1.89. The van der Waals surface area contributed by atoms with Crippen LogP contribution in [0.2, 0.25) is 0 Å². The first-order chi connectivity index (χ1) is 8.77. The Balaban J connectivity index is 2.26. The van der Waals surface area contributed by atoms with Gasteiger partial charge in [-0.1, -0.05) is 0 Å². The largest absolute Gasteiger partial charge is 0.416 e. The lowest BCUT2D eigenvalue weighted by molar-refractivity contribution is -0.208. The van der Waals surface area contributed by atoms with Crippen LogP contribution in [0.15, 0.2) is 10.9 Å². The Morgan fingerprint density at radius 3 is 2.84 bits per heavy atom. The van der Waals surface area contributed by atoms with Crippen LogP contribution in [0.25, 0.3) is 0 Å². The Hall–Kier alpha value is -1.41. The van der Waals surface area contributed by atoms with E-state index in [-0.39, 0.29) is 0 Å². The van der Waals surface area contributed by atoms with Gasteiger partial charge in [0.2, 0.25) is 0 Å². The third kappa shape index (κ3) is 3.13. The summed E-state index contributed by atoms with van der Waals surface area (Å²) >= 11 is 0. The van der Waals surface area contributed by atoms with Crippen LogP contribution in [-0.4, -0.2) is 45.7 Å². The average Bonchev–Trinajstić information content (AvgIpc) is 2.29. The van der Waals surface area contributed by atoms with Crippen LogP contribution in [0.3, 0.4) is 0 Å². The standard InChI is InChI=1S/C11H14F3N3O2/c1-16-3-2-8-7(5-16)4-10(19)17(15-8)6-9(18)11(12,13)14/h4,9,18H,2-3,5-6H2,1H3. The highest BCUT2D eigenvalue weighted by molar-refractivity contribution is 5.20. The highest BCUT2D eigenvalue weighted by Crippen LogP contribution is 2.21. The maximum Gasteiger partial charge on any atom is 0.416 e. The van der Waals surface area contributed by atoms with Crippen LogP contribution < -0.4 is 5.56 Å². The number of aliphatic hydroxyl groups excluding tert-OH is 1. The molecule has 0 radical (unpaired) electrons. The summed E-state index contributed by atoms with van der Waals surface area (Å²) in [4.78, 5) is 13.7. The van der Waals surface area contributed by atoms with Gasteiger partial charge in [0.1, 0.15) is 0 Å². The first-order valence-corrected chi connectivity index (χ1v) is 5.80. The van der Waals surface area contributed by atoms with Crippen molar-refractivity contribution >= 4 is 0 Å². The normalized spacial score (nSPS) is 18.2. The molecule has 1 aromatic rings. The molecular formula is C11H14F3N3O2. The van der Waals surface area contributed by atoms with Crippen LogP contribution in [-0.2, 0) is 19.5 Å². The van der Waals surface area contributed by atoms with Crippen molar-refractivity contribution in [3.8, 4) is 0 Å². The predicted octanol–water partition coefficient (Wildman–Crippen LogP) is 0.154. The predicted molar refractivity (Wildman–Crippen MR) is 60.6 cm³/mol. The van der Waals surface area contributed by atoms with E-state index in [4.69, 9.17) is 5.11 Å². The molecule has 1 unspecified atom stereocenters. The number of halogens is 3. The summed E-state index contributed by atoms with van der Waals surface area (Å²) in [5.74, 6) is 0. The second-order valence-electron chi connectivity index (χ2n) is 4.68. The number of likely N-dealkylation sites (N-methyl/N-ethyl adjacent to an activating group) is 1. The van der Waals surface area contributed by atoms with E-state index >= 15 is 0 Å². The number of aliphatic hydroxyl groups is 1. The van der Waals surface area contributed by atoms with Gasteiger partial charge in [-0.05, 0) is 12.6 Å². The molecule has 1 atom stereocenters. The van der Waals surface area contributed by atoms with Crippen molar-refractivity contribution < 1.29 is 18.3 Å². The van der Waals surface area contributed by atoms with Crippen LogP contribution >= 0.6 is 0 Å². The Morgan fingerprint density at radius 2 is 2.21 bits per heavy atom. The lowest BCUT2D eigenvalue weighted by Gasteiger charge is -2.24. The van der Waals surface area contributed by atoms with Gasteiger partial charge in [0.05, 0.1) is 12.2 Å². The van der Waals surface area contributed by atoms with Crippen molar-refractivity contribution in [3.05, 3.63) is 27.7 Å². The minimum atomic E-state index is -4.75. The minimum Gasteiger partial charge on any atom is -0.382 e. The molecule has 2 rings (SSSR count). The molecule has 1 aliphatic heterocycles. The van der Waals surface area contributed by atoms with E-state index in [0.29, 0.717) is 23.3 Å². The molecule has 0 aromatic carbocycles. The van der Waals surface area contributed by atoms with E-state index in [2.05, 4.69) is 5.10 Å². The molecular weight excluding hydrogens is 263 g/mol. The van der Waals surface area contributed by atoms with Crippen LogP contribution in [0, 0.1) is 0 Å². The first kappa shape index (κ1) is 14.0. The van der Waals surface area contributed by atoms with Crippen LogP contribution in [0.1, 0.15) is 11.3 Å². The van der Waals surface area contributed by atoms with Gasteiger partial charge in [-0.15, -0.1) is 0 Å². The molecule has 1 N–H and O–H groups in total. The molecule has 0 saturated carbocycles. The lowest BCUT2D eigenvalue weighted by atomic mass is 10.1. The van der Waals surface area contributed by atoms with E-state index in [9.17, 15) is 18.0 Å².